The van der Waals surface area contributed by atoms with Gasteiger partial charge >= 0.3 is 6.09 Å². The molecule has 1 amide bonds. The monoisotopic (exact) mass is 435 g/mol. The van der Waals surface area contributed by atoms with E-state index in [1.807, 2.05) is 0 Å². The number of alkyl carbamates (subject to hydrolysis) is 1. The molecule has 29 heavy (non-hydrogen) atoms. The summed E-state index contributed by atoms with van der Waals surface area (Å²) in [4.78, 5) is 24.6. The van der Waals surface area contributed by atoms with Crippen molar-refractivity contribution in [2.45, 2.75) is 48.0 Å². The van der Waals surface area contributed by atoms with E-state index in [-0.39, 0.29) is 4.90 Å². The van der Waals surface area contributed by atoms with Crippen LogP contribution >= 0.6 is 11.6 Å². The Balaban J connectivity index is 2.03. The standard InChI is InChI=1S/C21H22ClNO5S/c1-20(2,3)28-19(25)23-21(13-24)17(14-7-5-4-6-8-14)18(21)29(26,27)16-11-9-15(22)10-12-16/h4-13,17-18H,1-3H3,(H,23,25)/t17-,18-,21+/m0/s1. The van der Waals surface area contributed by atoms with Gasteiger partial charge in [-0.05, 0) is 50.6 Å². The second-order valence-electron chi connectivity index (χ2n) is 7.99. The average molecular weight is 436 g/mol. The molecule has 3 rings (SSSR count). The number of aldehydes is 1. The highest BCUT2D eigenvalue weighted by atomic mass is 35.5. The molecule has 0 aliphatic heterocycles. The van der Waals surface area contributed by atoms with Gasteiger partial charge in [-0.15, -0.1) is 0 Å². The molecule has 0 radical (unpaired) electrons. The minimum absolute atomic E-state index is 0.0301. The topological polar surface area (TPSA) is 89.5 Å². The first-order valence-electron chi connectivity index (χ1n) is 9.03. The lowest BCUT2D eigenvalue weighted by molar-refractivity contribution is -0.110. The summed E-state index contributed by atoms with van der Waals surface area (Å²) in [5.41, 5.74) is -1.78. The number of benzene rings is 2. The molecule has 0 unspecified atom stereocenters. The highest BCUT2D eigenvalue weighted by Crippen LogP contribution is 2.56. The van der Waals surface area contributed by atoms with Crippen LogP contribution in [-0.2, 0) is 19.4 Å². The van der Waals surface area contributed by atoms with Gasteiger partial charge in [0.1, 0.15) is 22.7 Å². The van der Waals surface area contributed by atoms with Gasteiger partial charge in [-0.3, -0.25) is 0 Å². The first-order chi connectivity index (χ1) is 13.5. The highest BCUT2D eigenvalue weighted by molar-refractivity contribution is 7.92. The van der Waals surface area contributed by atoms with Gasteiger partial charge in [0, 0.05) is 10.9 Å². The van der Waals surface area contributed by atoms with E-state index < -0.39 is 38.2 Å². The van der Waals surface area contributed by atoms with E-state index in [9.17, 15) is 18.0 Å². The third kappa shape index (κ3) is 4.16. The van der Waals surface area contributed by atoms with Crippen molar-refractivity contribution in [3.8, 4) is 0 Å². The van der Waals surface area contributed by atoms with Gasteiger partial charge in [0.15, 0.2) is 9.84 Å². The van der Waals surface area contributed by atoms with E-state index in [0.717, 1.165) is 0 Å². The van der Waals surface area contributed by atoms with Crippen LogP contribution in [0, 0.1) is 0 Å². The molecule has 1 aliphatic carbocycles. The summed E-state index contributed by atoms with van der Waals surface area (Å²) >= 11 is 5.87. The minimum Gasteiger partial charge on any atom is -0.444 e. The normalized spacial score (nSPS) is 23.9. The molecule has 1 N–H and O–H groups in total. The van der Waals surface area contributed by atoms with E-state index in [1.54, 1.807) is 51.1 Å². The number of carbonyl (C=O) groups is 2. The Hall–Kier alpha value is -2.38. The number of nitrogens with one attached hydrogen (secondary N) is 1. The number of carbonyl (C=O) groups excluding carboxylic acids is 2. The summed E-state index contributed by atoms with van der Waals surface area (Å²) in [7, 11) is -3.95. The van der Waals surface area contributed by atoms with Crippen LogP contribution < -0.4 is 5.32 Å². The van der Waals surface area contributed by atoms with Gasteiger partial charge in [0.05, 0.1) is 4.90 Å². The zero-order valence-corrected chi connectivity index (χ0v) is 17.8. The van der Waals surface area contributed by atoms with E-state index >= 15 is 0 Å². The van der Waals surface area contributed by atoms with Crippen LogP contribution in [0.5, 0.6) is 0 Å². The fraction of sp³-hybridized carbons (Fsp3) is 0.333. The van der Waals surface area contributed by atoms with Crippen molar-refractivity contribution in [1.82, 2.24) is 5.32 Å². The van der Waals surface area contributed by atoms with E-state index in [1.165, 1.54) is 24.3 Å². The molecule has 0 bridgehead atoms. The maximum Gasteiger partial charge on any atom is 0.408 e. The number of hydrogen-bond donors (Lipinski definition) is 1. The Morgan fingerprint density at radius 1 is 1.10 bits per heavy atom. The lowest BCUT2D eigenvalue weighted by atomic mass is 10.1. The fourth-order valence-corrected chi connectivity index (χ4v) is 5.86. The summed E-state index contributed by atoms with van der Waals surface area (Å²) in [5, 5.41) is 1.76. The zero-order valence-electron chi connectivity index (χ0n) is 16.3. The predicted molar refractivity (Wildman–Crippen MR) is 110 cm³/mol. The summed E-state index contributed by atoms with van der Waals surface area (Å²) < 4.78 is 31.9. The molecule has 3 atom stereocenters. The summed E-state index contributed by atoms with van der Waals surface area (Å²) in [5.74, 6) is -0.741. The van der Waals surface area contributed by atoms with Gasteiger partial charge in [-0.1, -0.05) is 41.9 Å². The van der Waals surface area contributed by atoms with Crippen LogP contribution in [0.3, 0.4) is 0 Å². The number of amides is 1. The third-order valence-corrected chi connectivity index (χ3v) is 7.24. The van der Waals surface area contributed by atoms with E-state index in [4.69, 9.17) is 16.3 Å². The van der Waals surface area contributed by atoms with Crippen LogP contribution in [0.25, 0.3) is 0 Å². The molecule has 154 valence electrons. The van der Waals surface area contributed by atoms with Crippen molar-refractivity contribution in [2.75, 3.05) is 0 Å². The maximum absolute atomic E-state index is 13.3. The molecule has 0 heterocycles. The molecule has 8 heteroatoms. The van der Waals surface area contributed by atoms with E-state index in [0.29, 0.717) is 16.9 Å². The van der Waals surface area contributed by atoms with Gasteiger partial charge in [0.2, 0.25) is 0 Å². The van der Waals surface area contributed by atoms with Gasteiger partial charge in [-0.2, -0.15) is 0 Å². The van der Waals surface area contributed by atoms with Crippen LogP contribution in [0.2, 0.25) is 5.02 Å². The first-order valence-corrected chi connectivity index (χ1v) is 11.0. The van der Waals surface area contributed by atoms with Crippen molar-refractivity contribution in [3.05, 3.63) is 65.2 Å². The van der Waals surface area contributed by atoms with Crippen LogP contribution in [0.15, 0.2) is 59.5 Å². The third-order valence-electron chi connectivity index (χ3n) is 4.73. The Bertz CT molecular complexity index is 1020. The molecule has 1 fully saturated rings. The molecule has 0 aromatic heterocycles. The Morgan fingerprint density at radius 3 is 2.21 bits per heavy atom. The largest absolute Gasteiger partial charge is 0.444 e. The van der Waals surface area contributed by atoms with Crippen LogP contribution in [-0.4, -0.2) is 37.2 Å². The molecule has 2 aromatic rings. The van der Waals surface area contributed by atoms with Crippen molar-refractivity contribution in [3.63, 3.8) is 0 Å². The smallest absolute Gasteiger partial charge is 0.408 e. The SMILES string of the molecule is CC(C)(C)OC(=O)N[C@]1(C=O)[C@@H](c2ccccc2)[C@@H]1S(=O)(=O)c1ccc(Cl)cc1. The molecule has 6 nitrogen and oxygen atoms in total. The van der Waals surface area contributed by atoms with Crippen molar-refractivity contribution >= 4 is 33.8 Å². The minimum atomic E-state index is -3.95. The summed E-state index contributed by atoms with van der Waals surface area (Å²) in [6.07, 6.45) is -0.355. The second-order valence-corrected chi connectivity index (χ2v) is 10.5. The van der Waals surface area contributed by atoms with Gasteiger partial charge < -0.3 is 14.8 Å². The Morgan fingerprint density at radius 2 is 1.69 bits per heavy atom. The number of ether oxygens (including phenoxy) is 1. The van der Waals surface area contributed by atoms with Gasteiger partial charge in [0.25, 0.3) is 0 Å². The Kier molecular flexibility index (Phi) is 5.49. The maximum atomic E-state index is 13.3. The highest BCUT2D eigenvalue weighted by Gasteiger charge is 2.73. The quantitative estimate of drug-likeness (QED) is 0.722. The Labute approximate surface area is 175 Å². The lowest BCUT2D eigenvalue weighted by Crippen LogP contribution is -2.45. The fourth-order valence-electron chi connectivity index (χ4n) is 3.49. The summed E-state index contributed by atoms with van der Waals surface area (Å²) in [6.45, 7) is 5.05. The van der Waals surface area contributed by atoms with E-state index in [2.05, 4.69) is 5.32 Å². The molecule has 1 aliphatic rings. The molecule has 0 saturated heterocycles. The number of rotatable bonds is 5. The molecular formula is C21H22ClNO5S. The predicted octanol–water partition coefficient (Wildman–Crippen LogP) is 3.74. The van der Waals surface area contributed by atoms with Crippen LogP contribution in [0.4, 0.5) is 4.79 Å². The molecule has 0 spiro atoms. The number of sulfone groups is 1. The van der Waals surface area contributed by atoms with Crippen molar-refractivity contribution in [1.29, 1.82) is 0 Å². The first kappa shape index (κ1) is 21.3. The van der Waals surface area contributed by atoms with Crippen LogP contribution in [0.1, 0.15) is 32.3 Å². The lowest BCUT2D eigenvalue weighted by Gasteiger charge is -2.22. The molecular weight excluding hydrogens is 414 g/mol. The second kappa shape index (κ2) is 7.46. The van der Waals surface area contributed by atoms with Crippen molar-refractivity contribution in [2.24, 2.45) is 0 Å². The molecule has 1 saturated carbocycles. The summed E-state index contributed by atoms with van der Waals surface area (Å²) in [6, 6.07) is 14.5. The van der Waals surface area contributed by atoms with Gasteiger partial charge in [-0.25, -0.2) is 13.2 Å². The zero-order chi connectivity index (χ0) is 21.4. The average Bonchev–Trinajstić information content (AvgIpc) is 3.30. The molecule has 2 aromatic carbocycles. The van der Waals surface area contributed by atoms with Crippen molar-refractivity contribution < 1.29 is 22.7 Å². The number of halogens is 1. The number of hydrogen-bond acceptors (Lipinski definition) is 5.